The van der Waals surface area contributed by atoms with E-state index in [0.717, 1.165) is 59.0 Å². The number of pyridine rings is 2. The number of rotatable bonds is 8. The van der Waals surface area contributed by atoms with Gasteiger partial charge in [0.25, 0.3) is 0 Å². The molecule has 0 fully saturated rings. The van der Waals surface area contributed by atoms with Crippen LogP contribution in [0.3, 0.4) is 0 Å². The zero-order valence-electron chi connectivity index (χ0n) is 24.9. The zero-order chi connectivity index (χ0) is 29.0. The molecule has 0 spiro atoms. The van der Waals surface area contributed by atoms with Gasteiger partial charge in [-0.1, -0.05) is 44.7 Å². The summed E-state index contributed by atoms with van der Waals surface area (Å²) in [6.07, 6.45) is 6.87. The Bertz CT molecular complexity index is 1680. The molecule has 1 radical (unpaired) electrons. The Labute approximate surface area is 260 Å². The van der Waals surface area contributed by atoms with Crippen molar-refractivity contribution in [3.8, 4) is 11.3 Å². The molecule has 0 saturated heterocycles. The quantitative estimate of drug-likeness (QED) is 0.0972. The molecule has 5 aromatic rings. The summed E-state index contributed by atoms with van der Waals surface area (Å²) in [6.45, 7) is 14.3. The van der Waals surface area contributed by atoms with Crippen molar-refractivity contribution in [1.29, 1.82) is 0 Å². The van der Waals surface area contributed by atoms with Crippen molar-refractivity contribution < 1.29 is 34.4 Å². The maximum absolute atomic E-state index is 11.7. The molecule has 4 aromatic heterocycles. The van der Waals surface area contributed by atoms with Gasteiger partial charge < -0.3 is 14.5 Å². The van der Waals surface area contributed by atoms with E-state index in [1.807, 2.05) is 59.0 Å². The second kappa shape index (κ2) is 14.4. The maximum atomic E-state index is 11.7. The molecule has 5 nitrogen and oxygen atoms in total. The molecule has 0 atom stereocenters. The average molecular weight is 748 g/mol. The summed E-state index contributed by atoms with van der Waals surface area (Å²) in [4.78, 5) is 22.2. The van der Waals surface area contributed by atoms with E-state index < -0.39 is 0 Å². The largest absolute Gasteiger partial charge is 0.512 e. The molecular weight excluding hydrogens is 709 g/mol. The smallest absolute Gasteiger partial charge is 0.216 e. The number of nitrogens with zero attached hydrogens (tertiary/aromatic N) is 2. The summed E-state index contributed by atoms with van der Waals surface area (Å²) in [7, 11) is 0. The molecule has 219 valence electrons. The van der Waals surface area contributed by atoms with Crippen molar-refractivity contribution in [3.05, 3.63) is 70.6 Å². The zero-order valence-corrected chi connectivity index (χ0v) is 28.1. The first-order chi connectivity index (χ1) is 19.2. The minimum atomic E-state index is 0. The van der Waals surface area contributed by atoms with Crippen LogP contribution in [0.2, 0.25) is 0 Å². The molecule has 0 aliphatic rings. The van der Waals surface area contributed by atoms with E-state index >= 15 is 0 Å². The SMILES string of the molecule is CCC(CC)C(=O)/C=C(\O)C(CC)CC.Cc1ccc2c(n1)oc1c(-c3cc4sc(C)c(C)c4cn3)[c-]ccc12.[Ir]. The number of aliphatic hydroxyl groups excluding tert-OH is 1. The van der Waals surface area contributed by atoms with Gasteiger partial charge in [-0.05, 0) is 69.8 Å². The van der Waals surface area contributed by atoms with Crippen LogP contribution in [0.25, 0.3) is 43.4 Å². The monoisotopic (exact) mass is 748 g/mol. The van der Waals surface area contributed by atoms with Crippen molar-refractivity contribution in [3.63, 3.8) is 0 Å². The number of benzene rings is 1. The summed E-state index contributed by atoms with van der Waals surface area (Å²) in [6, 6.07) is 13.5. The number of aryl methyl sites for hydroxylation is 3. The van der Waals surface area contributed by atoms with Crippen LogP contribution in [0, 0.1) is 38.7 Å². The number of allylic oxidation sites excluding steroid dienone is 2. The van der Waals surface area contributed by atoms with E-state index in [9.17, 15) is 9.90 Å². The molecule has 0 bridgehead atoms. The molecule has 5 rings (SSSR count). The number of hydrogen-bond donors (Lipinski definition) is 1. The van der Waals surface area contributed by atoms with E-state index in [0.29, 0.717) is 5.71 Å². The van der Waals surface area contributed by atoms with Crippen molar-refractivity contribution in [1.82, 2.24) is 9.97 Å². The van der Waals surface area contributed by atoms with Crippen LogP contribution in [0.5, 0.6) is 0 Å². The molecule has 1 N–H and O–H groups in total. The second-order valence-electron chi connectivity index (χ2n) is 10.4. The molecule has 41 heavy (non-hydrogen) atoms. The first kappa shape index (κ1) is 32.7. The number of aromatic nitrogens is 2. The summed E-state index contributed by atoms with van der Waals surface area (Å²) in [5.41, 5.74) is 5.49. The number of fused-ring (bicyclic) bond motifs is 4. The summed E-state index contributed by atoms with van der Waals surface area (Å²) in [5.74, 6) is 0.547. The van der Waals surface area contributed by atoms with Crippen LogP contribution in [-0.4, -0.2) is 20.9 Å². The van der Waals surface area contributed by atoms with Gasteiger partial charge in [0.2, 0.25) is 5.71 Å². The van der Waals surface area contributed by atoms with E-state index in [2.05, 4.69) is 42.0 Å². The third kappa shape index (κ3) is 6.97. The number of carbonyl (C=O) groups is 1. The van der Waals surface area contributed by atoms with Crippen molar-refractivity contribution in [2.75, 3.05) is 0 Å². The molecule has 0 aliphatic heterocycles. The molecule has 0 unspecified atom stereocenters. The van der Waals surface area contributed by atoms with Crippen molar-refractivity contribution in [2.24, 2.45) is 11.8 Å². The Morgan fingerprint density at radius 3 is 2.34 bits per heavy atom. The third-order valence-corrected chi connectivity index (χ3v) is 9.01. The van der Waals surface area contributed by atoms with Gasteiger partial charge in [0.05, 0.1) is 11.3 Å². The Hall–Kier alpha value is -2.86. The average Bonchev–Trinajstić information content (AvgIpc) is 3.45. The van der Waals surface area contributed by atoms with E-state index in [1.54, 1.807) is 11.3 Å². The van der Waals surface area contributed by atoms with Gasteiger partial charge >= 0.3 is 0 Å². The first-order valence-electron chi connectivity index (χ1n) is 14.2. The van der Waals surface area contributed by atoms with Gasteiger partial charge in [0.1, 0.15) is 0 Å². The van der Waals surface area contributed by atoms with Gasteiger partial charge in [0, 0.05) is 70.3 Å². The van der Waals surface area contributed by atoms with Crippen LogP contribution in [-0.2, 0) is 24.9 Å². The predicted molar refractivity (Wildman–Crippen MR) is 167 cm³/mol. The van der Waals surface area contributed by atoms with Gasteiger partial charge in [0.15, 0.2) is 5.78 Å². The molecule has 0 amide bonds. The number of ketones is 1. The Kier molecular flexibility index (Phi) is 11.4. The third-order valence-electron chi connectivity index (χ3n) is 7.84. The minimum absolute atomic E-state index is 0. The van der Waals surface area contributed by atoms with Gasteiger partial charge in [-0.3, -0.25) is 4.79 Å². The fourth-order valence-electron chi connectivity index (χ4n) is 5.06. The van der Waals surface area contributed by atoms with Crippen molar-refractivity contribution in [2.45, 2.75) is 74.1 Å². The van der Waals surface area contributed by atoms with Gasteiger partial charge in [-0.25, -0.2) is 4.98 Å². The van der Waals surface area contributed by atoms with E-state index in [1.165, 1.54) is 26.6 Å². The Morgan fingerprint density at radius 2 is 1.68 bits per heavy atom. The van der Waals surface area contributed by atoms with Gasteiger partial charge in [-0.2, -0.15) is 0 Å². The van der Waals surface area contributed by atoms with E-state index in [-0.39, 0.29) is 43.5 Å². The van der Waals surface area contributed by atoms with Gasteiger partial charge in [-0.15, -0.1) is 29.5 Å². The van der Waals surface area contributed by atoms with Crippen LogP contribution in [0.4, 0.5) is 0 Å². The number of aliphatic hydroxyl groups is 1. The van der Waals surface area contributed by atoms with Crippen LogP contribution in [0.1, 0.15) is 69.5 Å². The second-order valence-corrected chi connectivity index (χ2v) is 11.6. The number of carbonyl (C=O) groups excluding carboxylic acids is 1. The van der Waals surface area contributed by atoms with Crippen LogP contribution in [0.15, 0.2) is 52.8 Å². The van der Waals surface area contributed by atoms with Crippen LogP contribution < -0.4 is 0 Å². The number of hydrogen-bond acceptors (Lipinski definition) is 6. The number of furan rings is 1. The standard InChI is InChI=1S/C21H15N2OS.C13H24O2.Ir/c1-11-7-8-15-14-5-4-6-16(20(14)24-21(15)23-11)18-9-19-17(10-22-18)12(2)13(3)25-19;1-5-10(6-2)12(14)9-13(15)11(7-3)8-4;/h4-5,7-10H,1-3H3;9-11,14H,5-8H2,1-4H3;/q-1;;/b;12-9-;. The molecular formula is C34H39IrN2O3S-. The maximum Gasteiger partial charge on any atom is 0.216 e. The first-order valence-corrected chi connectivity index (χ1v) is 15.0. The molecule has 0 saturated carbocycles. The molecule has 4 heterocycles. The predicted octanol–water partition coefficient (Wildman–Crippen LogP) is 9.85. The summed E-state index contributed by atoms with van der Waals surface area (Å²) >= 11 is 1.80. The molecule has 0 aliphatic carbocycles. The van der Waals surface area contributed by atoms with Crippen molar-refractivity contribution >= 4 is 49.3 Å². The van der Waals surface area contributed by atoms with E-state index in [4.69, 9.17) is 4.42 Å². The topological polar surface area (TPSA) is 76.2 Å². The fraction of sp³-hybridized carbons (Fsp3) is 0.382. The Morgan fingerprint density at radius 1 is 1.00 bits per heavy atom. The summed E-state index contributed by atoms with van der Waals surface area (Å²) in [5, 5.41) is 13.1. The number of thiophene rings is 1. The normalized spacial score (nSPS) is 11.8. The fourth-order valence-corrected chi connectivity index (χ4v) is 6.13. The summed E-state index contributed by atoms with van der Waals surface area (Å²) < 4.78 is 7.33. The molecule has 7 heteroatoms. The van der Waals surface area contributed by atoms with Crippen LogP contribution >= 0.6 is 11.3 Å². The minimum Gasteiger partial charge on any atom is -0.512 e. The molecule has 1 aromatic carbocycles. The Balaban J connectivity index is 0.000000253.